The van der Waals surface area contributed by atoms with E-state index in [1.54, 1.807) is 0 Å². The van der Waals surface area contributed by atoms with E-state index in [4.69, 9.17) is 74.5 Å². The molecule has 0 aromatic carbocycles. The fraction of sp³-hybridized carbons (Fsp3) is 1.00. The average Bonchev–Trinajstić information content (AvgIpc) is 2.94. The van der Waals surface area contributed by atoms with Crippen LogP contribution < -0.4 is 128 Å². The van der Waals surface area contributed by atoms with Crippen molar-refractivity contribution in [3.05, 3.63) is 0 Å². The summed E-state index contributed by atoms with van der Waals surface area (Å²) in [6.07, 6.45) is 2.42. The Kier molecular flexibility index (Phi) is 58.0. The van der Waals surface area contributed by atoms with Gasteiger partial charge in [-0.05, 0) is 39.0 Å². The molecule has 32 heteroatoms. The first-order chi connectivity index (χ1) is 24.0. The maximum absolute atomic E-state index is 8.49. The largest absolute Gasteiger partial charge is 2.00 e. The molecule has 2 rings (SSSR count). The summed E-state index contributed by atoms with van der Waals surface area (Å²) in [5, 5.41) is 34.1. The van der Waals surface area contributed by atoms with Crippen molar-refractivity contribution in [3.8, 4) is 0 Å². The Morgan fingerprint density at radius 2 is 0.259 bits per heavy atom. The molecule has 0 radical (unpaired) electrons. The van der Waals surface area contributed by atoms with Crippen LogP contribution in [-0.2, 0) is 33.0 Å². The summed E-state index contributed by atoms with van der Waals surface area (Å²) in [7, 11) is -19.8. The van der Waals surface area contributed by atoms with Gasteiger partial charge in [-0.1, -0.05) is 0 Å². The Bertz CT molecular complexity index is 486. The topological polar surface area (TPSA) is 489 Å². The molecule has 0 atom stereocenters. The minimum Gasteiger partial charge on any atom is -0.315 e. The molecule has 2 aliphatic heterocycles. The van der Waals surface area contributed by atoms with Gasteiger partial charge in [-0.25, -0.2) is 74.5 Å². The average molecular weight is 974 g/mol. The van der Waals surface area contributed by atoms with Crippen molar-refractivity contribution in [2.45, 2.75) is 12.8 Å². The zero-order valence-electron chi connectivity index (χ0n) is 29.2. The van der Waals surface area contributed by atoms with Crippen molar-refractivity contribution in [2.24, 2.45) is 0 Å². The van der Waals surface area contributed by atoms with Gasteiger partial charge in [-0.3, -0.25) is 0 Å². The zero-order valence-corrected chi connectivity index (χ0v) is 34.2. The molecule has 26 nitrogen and oxygen atoms in total. The van der Waals surface area contributed by atoms with E-state index in [-0.39, 0.29) is 33.0 Å². The van der Waals surface area contributed by atoms with Gasteiger partial charge in [-0.15, -0.1) is 41.0 Å². The number of hydrogen-bond acceptors (Lipinski definition) is 26. The molecule has 336 valence electrons. The van der Waals surface area contributed by atoms with Crippen molar-refractivity contribution >= 4 is 0 Å². The van der Waals surface area contributed by atoms with Crippen molar-refractivity contribution in [1.82, 2.24) is 53.2 Å². The molecular formula is C22H54Cl4N10Ni2O16. The van der Waals surface area contributed by atoms with Gasteiger partial charge in [0.25, 0.3) is 0 Å². The molecule has 2 fully saturated rings. The van der Waals surface area contributed by atoms with E-state index in [0.29, 0.717) is 0 Å². The first kappa shape index (κ1) is 66.9. The Hall–Kier alpha value is 1.11. The number of rotatable bonds is 0. The molecule has 10 N–H and O–H groups in total. The minimum absolute atomic E-state index is 0. The maximum atomic E-state index is 8.49. The summed E-state index contributed by atoms with van der Waals surface area (Å²) in [6.45, 7) is 21.4. The van der Waals surface area contributed by atoms with Gasteiger partial charge in [0.2, 0.25) is 0 Å². The molecule has 0 bridgehead atoms. The van der Waals surface area contributed by atoms with E-state index in [1.165, 1.54) is 12.8 Å². The van der Waals surface area contributed by atoms with E-state index in [2.05, 4.69) is 53.2 Å². The van der Waals surface area contributed by atoms with E-state index >= 15 is 0 Å². The summed E-state index contributed by atoms with van der Waals surface area (Å²) >= 11 is 0. The molecule has 54 heavy (non-hydrogen) atoms. The molecule has 0 amide bonds. The summed E-state index contributed by atoms with van der Waals surface area (Å²) < 4.78 is 136. The number of hydrogen-bond donors (Lipinski definition) is 10. The van der Waals surface area contributed by atoms with Crippen LogP contribution in [0.1, 0.15) is 12.8 Å². The maximum Gasteiger partial charge on any atom is 2.00 e. The Morgan fingerprint density at radius 1 is 0.185 bits per heavy atom. The van der Waals surface area contributed by atoms with Crippen LogP contribution in [0.3, 0.4) is 0 Å². The summed E-state index contributed by atoms with van der Waals surface area (Å²) in [5.41, 5.74) is 0. The SMILES string of the molecule is C1CNCCNCCNCCNCCNC1.C1CNCCNCCNCCNCCNC1.[Ni+2].[Ni+2].[O-][Cl+3]([O-])([O-])[O-].[O-][Cl+3]([O-])([O-])[O-].[O-][Cl+3]([O-])([O-])[O-].[O-][Cl+3]([O-])([O-])[O-]. The third-order valence-corrected chi connectivity index (χ3v) is 5.24. The van der Waals surface area contributed by atoms with Gasteiger partial charge in [0.05, 0.1) is 0 Å². The van der Waals surface area contributed by atoms with Gasteiger partial charge >= 0.3 is 33.0 Å². The van der Waals surface area contributed by atoms with Gasteiger partial charge in [0.1, 0.15) is 0 Å². The second-order valence-corrected chi connectivity index (χ2v) is 12.7. The molecule has 0 aliphatic carbocycles. The smallest absolute Gasteiger partial charge is 0.315 e. The standard InChI is InChI=1S/2C11H27N5.4ClHO4.2Ni/c2*1-2-12-4-6-14-8-10-16-11-9-15-7-5-13-3-1;4*2-1(3,4)5;;/h2*12-16H,1-11H2;4*(H,2,3,4,5);;/q;;;;;;2*+2/p-4. The Morgan fingerprint density at radius 3 is 0.352 bits per heavy atom. The molecule has 0 aromatic heterocycles. The van der Waals surface area contributed by atoms with Gasteiger partial charge < -0.3 is 53.2 Å². The monoisotopic (exact) mass is 970 g/mol. The molecule has 2 saturated heterocycles. The summed E-state index contributed by atoms with van der Waals surface area (Å²) in [5.74, 6) is 0. The second-order valence-electron chi connectivity index (χ2n) is 9.72. The quantitative estimate of drug-likeness (QED) is 0.101. The van der Waals surface area contributed by atoms with Gasteiger partial charge in [0, 0.05) is 105 Å². The van der Waals surface area contributed by atoms with Crippen LogP contribution in [0.2, 0.25) is 0 Å². The molecule has 0 spiro atoms. The van der Waals surface area contributed by atoms with Gasteiger partial charge in [0.15, 0.2) is 0 Å². The van der Waals surface area contributed by atoms with E-state index < -0.39 is 41.0 Å². The molecule has 0 unspecified atom stereocenters. The van der Waals surface area contributed by atoms with Crippen LogP contribution in [0.4, 0.5) is 0 Å². The van der Waals surface area contributed by atoms with Gasteiger partial charge in [-0.2, -0.15) is 0 Å². The fourth-order valence-electron chi connectivity index (χ4n) is 3.34. The molecule has 2 aliphatic rings. The summed E-state index contributed by atoms with van der Waals surface area (Å²) in [4.78, 5) is 0. The van der Waals surface area contributed by atoms with Crippen LogP contribution in [-0.4, -0.2) is 131 Å². The molecular weight excluding hydrogens is 919 g/mol. The predicted molar refractivity (Wildman–Crippen MR) is 138 cm³/mol. The third-order valence-electron chi connectivity index (χ3n) is 5.24. The second kappa shape index (κ2) is 46.8. The van der Waals surface area contributed by atoms with Crippen LogP contribution in [0.15, 0.2) is 0 Å². The fourth-order valence-corrected chi connectivity index (χ4v) is 3.34. The summed E-state index contributed by atoms with van der Waals surface area (Å²) in [6, 6.07) is 0. The van der Waals surface area contributed by atoms with Crippen molar-refractivity contribution in [3.63, 3.8) is 0 Å². The van der Waals surface area contributed by atoms with Crippen molar-refractivity contribution < 1.29 is 148 Å². The van der Waals surface area contributed by atoms with Crippen LogP contribution >= 0.6 is 0 Å². The zero-order chi connectivity index (χ0) is 40.6. The van der Waals surface area contributed by atoms with E-state index in [0.717, 1.165) is 131 Å². The Balaban J connectivity index is -0.000000140. The van der Waals surface area contributed by atoms with Crippen LogP contribution in [0, 0.1) is 41.0 Å². The third kappa shape index (κ3) is 132. The van der Waals surface area contributed by atoms with Crippen molar-refractivity contribution in [1.29, 1.82) is 0 Å². The first-order valence-corrected chi connectivity index (χ1v) is 20.5. The van der Waals surface area contributed by atoms with Crippen LogP contribution in [0.5, 0.6) is 0 Å². The molecule has 2 heterocycles. The first-order valence-electron chi connectivity index (χ1n) is 15.5. The van der Waals surface area contributed by atoms with Crippen LogP contribution in [0.25, 0.3) is 0 Å². The van der Waals surface area contributed by atoms with Crippen molar-refractivity contribution in [2.75, 3.05) is 131 Å². The van der Waals surface area contributed by atoms with E-state index in [9.17, 15) is 0 Å². The number of halogens is 4. The minimum atomic E-state index is -4.94. The predicted octanol–water partition coefficient (Wildman–Crippen LogP) is -22.4. The number of nitrogens with one attached hydrogen (secondary N) is 10. The Labute approximate surface area is 344 Å². The molecule has 0 aromatic rings. The normalized spacial score (nSPS) is 18.7. The molecule has 0 saturated carbocycles. The van der Waals surface area contributed by atoms with E-state index in [1.807, 2.05) is 0 Å².